The van der Waals surface area contributed by atoms with Crippen molar-refractivity contribution in [3.63, 3.8) is 0 Å². The standard InChI is InChI=1S/C16H20FN3O4/c1-16(2,3)23-15(21)18-12(9-22-4)14-19-13(20-24-14)10-6-5-7-11(17)8-10/h5-8,12H,9H2,1-4H3,(H,18,21)/t12-/m1/s1. The van der Waals surface area contributed by atoms with Crippen LogP contribution < -0.4 is 5.32 Å². The molecule has 0 aliphatic carbocycles. The molecule has 0 bridgehead atoms. The number of hydrogen-bond acceptors (Lipinski definition) is 6. The first-order chi connectivity index (χ1) is 11.3. The van der Waals surface area contributed by atoms with E-state index < -0.39 is 23.6 Å². The lowest BCUT2D eigenvalue weighted by molar-refractivity contribution is 0.0449. The molecule has 0 radical (unpaired) electrons. The Balaban J connectivity index is 2.15. The Labute approximate surface area is 139 Å². The van der Waals surface area contributed by atoms with Gasteiger partial charge in [0, 0.05) is 12.7 Å². The van der Waals surface area contributed by atoms with E-state index in [1.165, 1.54) is 19.2 Å². The van der Waals surface area contributed by atoms with Gasteiger partial charge in [-0.3, -0.25) is 0 Å². The van der Waals surface area contributed by atoms with Gasteiger partial charge >= 0.3 is 6.09 Å². The minimum Gasteiger partial charge on any atom is -0.444 e. The number of benzene rings is 1. The van der Waals surface area contributed by atoms with Gasteiger partial charge in [-0.05, 0) is 32.9 Å². The summed E-state index contributed by atoms with van der Waals surface area (Å²) < 4.78 is 28.7. The van der Waals surface area contributed by atoms with Gasteiger partial charge in [-0.1, -0.05) is 17.3 Å². The molecule has 0 spiro atoms. The highest BCUT2D eigenvalue weighted by molar-refractivity contribution is 5.68. The quantitative estimate of drug-likeness (QED) is 0.902. The van der Waals surface area contributed by atoms with Crippen molar-refractivity contribution in [2.45, 2.75) is 32.4 Å². The summed E-state index contributed by atoms with van der Waals surface area (Å²) >= 11 is 0. The lowest BCUT2D eigenvalue weighted by Crippen LogP contribution is -2.36. The molecule has 0 unspecified atom stereocenters. The fourth-order valence-corrected chi connectivity index (χ4v) is 1.91. The van der Waals surface area contributed by atoms with Crippen LogP contribution >= 0.6 is 0 Å². The van der Waals surface area contributed by atoms with Crippen LogP contribution in [0.4, 0.5) is 9.18 Å². The maximum absolute atomic E-state index is 13.3. The molecule has 1 atom stereocenters. The Morgan fingerprint density at radius 1 is 1.42 bits per heavy atom. The number of methoxy groups -OCH3 is 1. The summed E-state index contributed by atoms with van der Waals surface area (Å²) in [6.45, 7) is 5.38. The van der Waals surface area contributed by atoms with Crippen LogP contribution in [-0.2, 0) is 9.47 Å². The first kappa shape index (κ1) is 17.9. The number of carbonyl (C=O) groups excluding carboxylic acids is 1. The van der Waals surface area contributed by atoms with Crippen molar-refractivity contribution in [1.82, 2.24) is 15.5 Å². The molecule has 1 aromatic heterocycles. The fraction of sp³-hybridized carbons (Fsp3) is 0.438. The van der Waals surface area contributed by atoms with E-state index in [1.54, 1.807) is 32.9 Å². The van der Waals surface area contributed by atoms with E-state index in [-0.39, 0.29) is 18.3 Å². The molecule has 0 saturated carbocycles. The first-order valence-corrected chi connectivity index (χ1v) is 7.36. The average Bonchev–Trinajstić information content (AvgIpc) is 2.94. The highest BCUT2D eigenvalue weighted by Gasteiger charge is 2.25. The van der Waals surface area contributed by atoms with E-state index in [2.05, 4.69) is 15.5 Å². The lowest BCUT2D eigenvalue weighted by Gasteiger charge is -2.21. The second-order valence-electron chi connectivity index (χ2n) is 6.12. The monoisotopic (exact) mass is 337 g/mol. The summed E-state index contributed by atoms with van der Waals surface area (Å²) in [6, 6.07) is 5.14. The Hall–Kier alpha value is -2.48. The van der Waals surface area contributed by atoms with Gasteiger partial charge in [0.25, 0.3) is 5.89 Å². The molecule has 7 nitrogen and oxygen atoms in total. The number of nitrogens with one attached hydrogen (secondary N) is 1. The molecule has 0 saturated heterocycles. The van der Waals surface area contributed by atoms with Crippen LogP contribution in [0.2, 0.25) is 0 Å². The van der Waals surface area contributed by atoms with Crippen LogP contribution in [-0.4, -0.2) is 35.6 Å². The molecule has 8 heteroatoms. The molecule has 2 rings (SSSR count). The van der Waals surface area contributed by atoms with Gasteiger partial charge in [0.2, 0.25) is 5.82 Å². The van der Waals surface area contributed by atoms with Crippen molar-refractivity contribution >= 4 is 6.09 Å². The molecule has 1 heterocycles. The number of amides is 1. The van der Waals surface area contributed by atoms with E-state index in [4.69, 9.17) is 14.0 Å². The van der Waals surface area contributed by atoms with Gasteiger partial charge in [0.05, 0.1) is 6.61 Å². The summed E-state index contributed by atoms with van der Waals surface area (Å²) in [5.74, 6) is -0.0438. The zero-order chi connectivity index (χ0) is 17.7. The Bertz CT molecular complexity index is 697. The largest absolute Gasteiger partial charge is 0.444 e. The fourth-order valence-electron chi connectivity index (χ4n) is 1.91. The third-order valence-electron chi connectivity index (χ3n) is 2.85. The molecule has 1 N–H and O–H groups in total. The number of carbonyl (C=O) groups is 1. The van der Waals surface area contributed by atoms with Crippen molar-refractivity contribution in [2.75, 3.05) is 13.7 Å². The number of halogens is 1. The van der Waals surface area contributed by atoms with E-state index in [1.807, 2.05) is 0 Å². The highest BCUT2D eigenvalue weighted by Crippen LogP contribution is 2.20. The predicted molar refractivity (Wildman–Crippen MR) is 83.7 cm³/mol. The minimum atomic E-state index is -0.681. The number of nitrogens with zero attached hydrogens (tertiary/aromatic N) is 2. The average molecular weight is 337 g/mol. The lowest BCUT2D eigenvalue weighted by atomic mass is 10.2. The second-order valence-corrected chi connectivity index (χ2v) is 6.12. The number of alkyl carbamates (subject to hydrolysis) is 1. The predicted octanol–water partition coefficient (Wildman–Crippen LogP) is 3.09. The van der Waals surface area contributed by atoms with E-state index in [9.17, 15) is 9.18 Å². The molecule has 130 valence electrons. The van der Waals surface area contributed by atoms with Gasteiger partial charge in [-0.2, -0.15) is 4.98 Å². The third-order valence-corrected chi connectivity index (χ3v) is 2.85. The number of ether oxygens (including phenoxy) is 2. The van der Waals surface area contributed by atoms with E-state index in [0.717, 1.165) is 0 Å². The van der Waals surface area contributed by atoms with Crippen molar-refractivity contribution in [3.05, 3.63) is 36.0 Å². The summed E-state index contributed by atoms with van der Waals surface area (Å²) in [4.78, 5) is 16.1. The van der Waals surface area contributed by atoms with E-state index in [0.29, 0.717) is 5.56 Å². The maximum Gasteiger partial charge on any atom is 0.408 e. The summed E-state index contributed by atoms with van der Waals surface area (Å²) in [6.07, 6.45) is -0.630. The Morgan fingerprint density at radius 3 is 2.79 bits per heavy atom. The van der Waals surface area contributed by atoms with Crippen molar-refractivity contribution in [2.24, 2.45) is 0 Å². The Morgan fingerprint density at radius 2 is 2.17 bits per heavy atom. The molecule has 2 aromatic rings. The number of aromatic nitrogens is 2. The zero-order valence-electron chi connectivity index (χ0n) is 14.0. The van der Waals surface area contributed by atoms with Crippen molar-refractivity contribution in [1.29, 1.82) is 0 Å². The van der Waals surface area contributed by atoms with Crippen LogP contribution in [0, 0.1) is 5.82 Å². The number of rotatable bonds is 5. The molecule has 0 aliphatic rings. The Kier molecular flexibility index (Phi) is 5.50. The molecule has 1 amide bonds. The number of hydrogen-bond donors (Lipinski definition) is 1. The van der Waals surface area contributed by atoms with E-state index >= 15 is 0 Å². The van der Waals surface area contributed by atoms with Gasteiger partial charge in [-0.15, -0.1) is 0 Å². The van der Waals surface area contributed by atoms with Gasteiger partial charge in [0.1, 0.15) is 17.5 Å². The van der Waals surface area contributed by atoms with Crippen molar-refractivity contribution < 1.29 is 23.2 Å². The molecule has 0 fully saturated rings. The molecule has 1 aromatic carbocycles. The highest BCUT2D eigenvalue weighted by atomic mass is 19.1. The third kappa shape index (κ3) is 5.02. The topological polar surface area (TPSA) is 86.5 Å². The SMILES string of the molecule is COC[C@@H](NC(=O)OC(C)(C)C)c1nc(-c2cccc(F)c2)no1. The molecule has 24 heavy (non-hydrogen) atoms. The van der Waals surface area contributed by atoms with Crippen LogP contribution in [0.25, 0.3) is 11.4 Å². The summed E-state index contributed by atoms with van der Waals surface area (Å²) in [5.41, 5.74) is -0.165. The second kappa shape index (κ2) is 7.39. The molecule has 0 aliphatic heterocycles. The maximum atomic E-state index is 13.3. The zero-order valence-corrected chi connectivity index (χ0v) is 14.0. The molecular formula is C16H20FN3O4. The molecular weight excluding hydrogens is 317 g/mol. The summed E-state index contributed by atoms with van der Waals surface area (Å²) in [7, 11) is 1.48. The van der Waals surface area contributed by atoms with Crippen LogP contribution in [0.3, 0.4) is 0 Å². The first-order valence-electron chi connectivity index (χ1n) is 7.36. The smallest absolute Gasteiger partial charge is 0.408 e. The van der Waals surface area contributed by atoms with Gasteiger partial charge < -0.3 is 19.3 Å². The minimum absolute atomic E-state index is 0.115. The van der Waals surface area contributed by atoms with Crippen LogP contribution in [0.15, 0.2) is 28.8 Å². The van der Waals surface area contributed by atoms with Gasteiger partial charge in [0.15, 0.2) is 0 Å². The van der Waals surface area contributed by atoms with Gasteiger partial charge in [-0.25, -0.2) is 9.18 Å². The normalized spacial score (nSPS) is 12.7. The van der Waals surface area contributed by atoms with Crippen molar-refractivity contribution in [3.8, 4) is 11.4 Å². The van der Waals surface area contributed by atoms with Crippen LogP contribution in [0.5, 0.6) is 0 Å². The van der Waals surface area contributed by atoms with Crippen LogP contribution in [0.1, 0.15) is 32.7 Å². The summed E-state index contributed by atoms with van der Waals surface area (Å²) in [5, 5.41) is 6.42.